The van der Waals surface area contributed by atoms with Gasteiger partial charge in [0.05, 0.1) is 0 Å². The molecule has 0 saturated carbocycles. The molecule has 8 rings (SSSR count). The van der Waals surface area contributed by atoms with Crippen LogP contribution in [0.5, 0.6) is 0 Å². The number of aromatic nitrogens is 3. The van der Waals surface area contributed by atoms with Crippen LogP contribution in [-0.2, 0) is 0 Å². The van der Waals surface area contributed by atoms with Gasteiger partial charge in [0.2, 0.25) is 0 Å². The van der Waals surface area contributed by atoms with Gasteiger partial charge < -0.3 is 0 Å². The fourth-order valence-electron chi connectivity index (χ4n) is 5.73. The number of nitrogens with zero attached hydrogens (tertiary/aromatic N) is 3. The summed E-state index contributed by atoms with van der Waals surface area (Å²) in [5, 5.41) is 4.79. The van der Waals surface area contributed by atoms with Crippen molar-refractivity contribution >= 4 is 21.5 Å². The van der Waals surface area contributed by atoms with E-state index in [0.717, 1.165) is 27.6 Å². The van der Waals surface area contributed by atoms with E-state index < -0.39 is 0 Å². The van der Waals surface area contributed by atoms with Gasteiger partial charge >= 0.3 is 0 Å². The fraction of sp³-hybridized carbons (Fsp3) is 0. The van der Waals surface area contributed by atoms with Gasteiger partial charge in [0.1, 0.15) is 0 Å². The molecule has 44 heavy (non-hydrogen) atoms. The van der Waals surface area contributed by atoms with Crippen molar-refractivity contribution in [1.82, 2.24) is 15.0 Å². The molecule has 8 aromatic rings. The molecular formula is C41H27N3. The molecule has 0 radical (unpaired) electrons. The molecule has 0 aliphatic carbocycles. The normalized spacial score (nSPS) is 11.2. The molecule has 0 N–H and O–H groups in total. The molecule has 3 nitrogen and oxygen atoms in total. The van der Waals surface area contributed by atoms with E-state index in [1.807, 2.05) is 36.4 Å². The lowest BCUT2D eigenvalue weighted by molar-refractivity contribution is 1.07. The van der Waals surface area contributed by atoms with Crippen molar-refractivity contribution in [3.63, 3.8) is 0 Å². The van der Waals surface area contributed by atoms with Crippen molar-refractivity contribution in [3.05, 3.63) is 164 Å². The van der Waals surface area contributed by atoms with E-state index in [9.17, 15) is 0 Å². The van der Waals surface area contributed by atoms with Crippen molar-refractivity contribution in [2.45, 2.75) is 0 Å². The summed E-state index contributed by atoms with van der Waals surface area (Å²) < 4.78 is 0. The number of rotatable bonds is 5. The van der Waals surface area contributed by atoms with E-state index in [-0.39, 0.29) is 0 Å². The average molecular weight is 562 g/mol. The first-order valence-corrected chi connectivity index (χ1v) is 14.8. The first-order chi connectivity index (χ1) is 21.8. The summed E-state index contributed by atoms with van der Waals surface area (Å²) in [6.45, 7) is 0. The second kappa shape index (κ2) is 11.0. The van der Waals surface area contributed by atoms with Gasteiger partial charge in [-0.1, -0.05) is 146 Å². The lowest BCUT2D eigenvalue weighted by atomic mass is 9.99. The van der Waals surface area contributed by atoms with Crippen LogP contribution in [0.1, 0.15) is 0 Å². The van der Waals surface area contributed by atoms with E-state index in [2.05, 4.69) is 127 Å². The van der Waals surface area contributed by atoms with Gasteiger partial charge in [-0.2, -0.15) is 0 Å². The molecule has 3 heteroatoms. The first-order valence-electron chi connectivity index (χ1n) is 14.8. The van der Waals surface area contributed by atoms with Crippen LogP contribution in [0, 0.1) is 0 Å². The maximum Gasteiger partial charge on any atom is 0.164 e. The topological polar surface area (TPSA) is 38.7 Å². The molecule has 0 saturated heterocycles. The van der Waals surface area contributed by atoms with Crippen molar-refractivity contribution in [2.75, 3.05) is 0 Å². The van der Waals surface area contributed by atoms with Crippen molar-refractivity contribution in [1.29, 1.82) is 0 Å². The largest absolute Gasteiger partial charge is 0.208 e. The van der Waals surface area contributed by atoms with Crippen LogP contribution in [-0.4, -0.2) is 15.0 Å². The predicted octanol–water partition coefficient (Wildman–Crippen LogP) is 10.5. The molecule has 1 aromatic heterocycles. The van der Waals surface area contributed by atoms with E-state index in [0.29, 0.717) is 17.5 Å². The van der Waals surface area contributed by atoms with Crippen molar-refractivity contribution < 1.29 is 0 Å². The highest BCUT2D eigenvalue weighted by Crippen LogP contribution is 2.31. The zero-order chi connectivity index (χ0) is 29.3. The maximum absolute atomic E-state index is 4.99. The summed E-state index contributed by atoms with van der Waals surface area (Å²) in [7, 11) is 0. The third-order valence-electron chi connectivity index (χ3n) is 8.10. The Morgan fingerprint density at radius 3 is 1.18 bits per heavy atom. The van der Waals surface area contributed by atoms with Gasteiger partial charge in [-0.15, -0.1) is 0 Å². The van der Waals surface area contributed by atoms with Crippen LogP contribution in [0.2, 0.25) is 0 Å². The number of fused-ring (bicyclic) bond motifs is 2. The molecule has 0 aliphatic rings. The lowest BCUT2D eigenvalue weighted by Gasteiger charge is -2.10. The molecule has 0 fully saturated rings. The van der Waals surface area contributed by atoms with Gasteiger partial charge in [-0.3, -0.25) is 0 Å². The number of hydrogen-bond acceptors (Lipinski definition) is 3. The minimum absolute atomic E-state index is 0.651. The van der Waals surface area contributed by atoms with Gasteiger partial charge in [0, 0.05) is 16.7 Å². The highest BCUT2D eigenvalue weighted by Gasteiger charge is 2.13. The first kappa shape index (κ1) is 25.8. The highest BCUT2D eigenvalue weighted by atomic mass is 15.0. The van der Waals surface area contributed by atoms with Crippen LogP contribution >= 0.6 is 0 Å². The van der Waals surface area contributed by atoms with Crippen molar-refractivity contribution in [3.8, 4) is 56.4 Å². The Bertz CT molecular complexity index is 2260. The Hall–Kier alpha value is -5.93. The third kappa shape index (κ3) is 5.01. The second-order valence-electron chi connectivity index (χ2n) is 11.0. The molecular weight excluding hydrogens is 534 g/mol. The molecule has 1 heterocycles. The summed E-state index contributed by atoms with van der Waals surface area (Å²) in [6, 6.07) is 57.1. The summed E-state index contributed by atoms with van der Waals surface area (Å²) in [5.41, 5.74) is 7.61. The zero-order valence-corrected chi connectivity index (χ0v) is 23.9. The lowest BCUT2D eigenvalue weighted by Crippen LogP contribution is -2.00. The third-order valence-corrected chi connectivity index (χ3v) is 8.10. The highest BCUT2D eigenvalue weighted by molar-refractivity contribution is 5.91. The molecule has 0 amide bonds. The molecule has 0 bridgehead atoms. The van der Waals surface area contributed by atoms with E-state index in [4.69, 9.17) is 15.0 Å². The summed E-state index contributed by atoms with van der Waals surface area (Å²) in [5.74, 6) is 1.96. The quantitative estimate of drug-likeness (QED) is 0.210. The van der Waals surface area contributed by atoms with E-state index in [1.54, 1.807) is 0 Å². The predicted molar refractivity (Wildman–Crippen MR) is 182 cm³/mol. The van der Waals surface area contributed by atoms with Gasteiger partial charge in [-0.05, 0) is 62.0 Å². The SMILES string of the molecule is c1ccc(-c2ccc3cc(-c4nc(-c5ccccc5)nc(-c5ccc(-c6ccc7ccccc7c6)cc5)n4)ccc3c2)cc1. The Balaban J connectivity index is 1.19. The van der Waals surface area contributed by atoms with Crippen LogP contribution in [0.3, 0.4) is 0 Å². The summed E-state index contributed by atoms with van der Waals surface area (Å²) >= 11 is 0. The Morgan fingerprint density at radius 1 is 0.227 bits per heavy atom. The van der Waals surface area contributed by atoms with Crippen molar-refractivity contribution in [2.24, 2.45) is 0 Å². The maximum atomic E-state index is 4.99. The van der Waals surface area contributed by atoms with Crippen LogP contribution in [0.25, 0.3) is 78.0 Å². The Kier molecular flexibility index (Phi) is 6.47. The van der Waals surface area contributed by atoms with Crippen LogP contribution in [0.15, 0.2) is 164 Å². The smallest absolute Gasteiger partial charge is 0.164 e. The zero-order valence-electron chi connectivity index (χ0n) is 23.9. The molecule has 0 unspecified atom stereocenters. The fourth-order valence-corrected chi connectivity index (χ4v) is 5.73. The molecule has 0 atom stereocenters. The Morgan fingerprint density at radius 2 is 0.568 bits per heavy atom. The number of hydrogen-bond donors (Lipinski definition) is 0. The summed E-state index contributed by atoms with van der Waals surface area (Å²) in [6.07, 6.45) is 0. The molecule has 0 spiro atoms. The summed E-state index contributed by atoms with van der Waals surface area (Å²) in [4.78, 5) is 14.9. The number of benzene rings is 7. The second-order valence-corrected chi connectivity index (χ2v) is 11.0. The average Bonchev–Trinajstić information content (AvgIpc) is 3.11. The minimum atomic E-state index is 0.651. The Labute approximate surface area is 256 Å². The minimum Gasteiger partial charge on any atom is -0.208 e. The van der Waals surface area contributed by atoms with E-state index in [1.165, 1.54) is 32.8 Å². The van der Waals surface area contributed by atoms with Gasteiger partial charge in [0.15, 0.2) is 17.5 Å². The van der Waals surface area contributed by atoms with Crippen LogP contribution < -0.4 is 0 Å². The molecule has 0 aliphatic heterocycles. The van der Waals surface area contributed by atoms with E-state index >= 15 is 0 Å². The molecule has 206 valence electrons. The standard InChI is InChI=1S/C41H27N3/c1-3-9-28(10-4-1)34-21-22-37-27-38(24-23-36(37)26-34)41-43-39(31-12-5-2-6-13-31)42-40(44-41)32-18-15-30(16-19-32)35-20-17-29-11-7-8-14-33(29)25-35/h1-27H. The van der Waals surface area contributed by atoms with Gasteiger partial charge in [0.25, 0.3) is 0 Å². The molecule has 7 aromatic carbocycles. The van der Waals surface area contributed by atoms with Crippen LogP contribution in [0.4, 0.5) is 0 Å². The van der Waals surface area contributed by atoms with Gasteiger partial charge in [-0.25, -0.2) is 15.0 Å². The monoisotopic (exact) mass is 561 g/mol.